The van der Waals surface area contributed by atoms with Crippen LogP contribution in [0.2, 0.25) is 0 Å². The predicted octanol–water partition coefficient (Wildman–Crippen LogP) is 1.29. The van der Waals surface area contributed by atoms with Crippen LogP contribution in [0.15, 0.2) is 12.4 Å². The highest BCUT2D eigenvalue weighted by Gasteiger charge is 2.39. The minimum absolute atomic E-state index is 0.193. The van der Waals surface area contributed by atoms with Crippen LogP contribution in [0, 0.1) is 5.41 Å². The summed E-state index contributed by atoms with van der Waals surface area (Å²) in [6, 6.07) is 0. The molecule has 0 aromatic carbocycles. The number of carbonyl (C=O) groups excluding carboxylic acids is 1. The van der Waals surface area contributed by atoms with Crippen LogP contribution in [0.3, 0.4) is 0 Å². The summed E-state index contributed by atoms with van der Waals surface area (Å²) >= 11 is 0. The first-order valence-corrected chi connectivity index (χ1v) is 7.00. The topological polar surface area (TPSA) is 64.2 Å². The summed E-state index contributed by atoms with van der Waals surface area (Å²) in [5.41, 5.74) is 6.64. The van der Waals surface area contributed by atoms with Gasteiger partial charge in [-0.25, -0.2) is 0 Å². The lowest BCUT2D eigenvalue weighted by Gasteiger charge is -2.37. The summed E-state index contributed by atoms with van der Waals surface area (Å²) in [7, 11) is 3.75. The molecule has 1 aliphatic carbocycles. The number of amides is 1. The van der Waals surface area contributed by atoms with Gasteiger partial charge in [0.2, 0.25) is 5.91 Å². The lowest BCUT2D eigenvalue weighted by Crippen LogP contribution is -2.47. The Bertz CT molecular complexity index is 434. The zero-order valence-corrected chi connectivity index (χ0v) is 11.9. The average Bonchev–Trinajstić information content (AvgIpc) is 2.84. The van der Waals surface area contributed by atoms with Gasteiger partial charge in [0.25, 0.3) is 0 Å². The molecule has 0 aliphatic heterocycles. The lowest BCUT2D eigenvalue weighted by molar-refractivity contribution is -0.142. The molecule has 2 rings (SSSR count). The van der Waals surface area contributed by atoms with Gasteiger partial charge in [-0.2, -0.15) is 5.10 Å². The van der Waals surface area contributed by atoms with Crippen molar-refractivity contribution in [1.29, 1.82) is 0 Å². The largest absolute Gasteiger partial charge is 0.341 e. The molecule has 19 heavy (non-hydrogen) atoms. The molecule has 5 nitrogen and oxygen atoms in total. The van der Waals surface area contributed by atoms with Gasteiger partial charge in [-0.05, 0) is 12.8 Å². The Labute approximate surface area is 114 Å². The minimum atomic E-state index is -0.324. The van der Waals surface area contributed by atoms with E-state index in [9.17, 15) is 4.79 Å². The first-order chi connectivity index (χ1) is 9.07. The number of hydrogen-bond donors (Lipinski definition) is 1. The molecule has 1 saturated carbocycles. The quantitative estimate of drug-likeness (QED) is 0.891. The SMILES string of the molecule is CN(Cc1cnn(C)c1)C(=O)C1(CN)CCCCC1. The Morgan fingerprint density at radius 2 is 2.16 bits per heavy atom. The molecule has 5 heteroatoms. The van der Waals surface area contributed by atoms with E-state index in [0.717, 1.165) is 31.2 Å². The number of hydrogen-bond acceptors (Lipinski definition) is 3. The van der Waals surface area contributed by atoms with E-state index < -0.39 is 0 Å². The van der Waals surface area contributed by atoms with Gasteiger partial charge in [0, 0.05) is 38.9 Å². The molecule has 1 heterocycles. The third-order valence-electron chi connectivity index (χ3n) is 4.18. The molecule has 0 spiro atoms. The van der Waals surface area contributed by atoms with Gasteiger partial charge in [0.1, 0.15) is 0 Å². The lowest BCUT2D eigenvalue weighted by atomic mass is 9.73. The summed E-state index contributed by atoms with van der Waals surface area (Å²) in [5.74, 6) is 0.193. The van der Waals surface area contributed by atoms with Crippen molar-refractivity contribution < 1.29 is 4.79 Å². The van der Waals surface area contributed by atoms with Gasteiger partial charge < -0.3 is 10.6 Å². The van der Waals surface area contributed by atoms with Crippen molar-refractivity contribution in [2.45, 2.75) is 38.6 Å². The van der Waals surface area contributed by atoms with Crippen molar-refractivity contribution in [2.24, 2.45) is 18.2 Å². The number of carbonyl (C=O) groups is 1. The van der Waals surface area contributed by atoms with E-state index in [4.69, 9.17) is 5.73 Å². The molecule has 2 N–H and O–H groups in total. The van der Waals surface area contributed by atoms with Crippen LogP contribution in [-0.2, 0) is 18.4 Å². The van der Waals surface area contributed by atoms with Gasteiger partial charge in [-0.1, -0.05) is 19.3 Å². The molecule has 1 fully saturated rings. The molecule has 106 valence electrons. The van der Waals surface area contributed by atoms with Crippen LogP contribution >= 0.6 is 0 Å². The second-order valence-electron chi connectivity index (χ2n) is 5.73. The molecule has 0 saturated heterocycles. The fourth-order valence-electron chi connectivity index (χ4n) is 3.04. The predicted molar refractivity (Wildman–Crippen MR) is 74.3 cm³/mol. The second kappa shape index (κ2) is 5.74. The fraction of sp³-hybridized carbons (Fsp3) is 0.714. The van der Waals surface area contributed by atoms with Crippen molar-refractivity contribution in [1.82, 2.24) is 14.7 Å². The van der Waals surface area contributed by atoms with Gasteiger partial charge in [-0.15, -0.1) is 0 Å². The highest BCUT2D eigenvalue weighted by atomic mass is 16.2. The molecular formula is C14H24N4O. The summed E-state index contributed by atoms with van der Waals surface area (Å²) < 4.78 is 1.76. The second-order valence-corrected chi connectivity index (χ2v) is 5.73. The first-order valence-electron chi connectivity index (χ1n) is 7.00. The zero-order chi connectivity index (χ0) is 13.9. The summed E-state index contributed by atoms with van der Waals surface area (Å²) in [6.45, 7) is 1.07. The Balaban J connectivity index is 2.04. The van der Waals surface area contributed by atoms with E-state index in [0.29, 0.717) is 13.1 Å². The Morgan fingerprint density at radius 3 is 2.68 bits per heavy atom. The third kappa shape index (κ3) is 2.97. The Morgan fingerprint density at radius 1 is 1.47 bits per heavy atom. The van der Waals surface area contributed by atoms with Crippen molar-refractivity contribution in [3.8, 4) is 0 Å². The number of aryl methyl sites for hydroxylation is 1. The fourth-order valence-corrected chi connectivity index (χ4v) is 3.04. The normalized spacial score (nSPS) is 18.3. The summed E-state index contributed by atoms with van der Waals surface area (Å²) in [4.78, 5) is 14.5. The highest BCUT2D eigenvalue weighted by molar-refractivity contribution is 5.82. The van der Waals surface area contributed by atoms with Crippen LogP contribution in [0.5, 0.6) is 0 Å². The Hall–Kier alpha value is -1.36. The third-order valence-corrected chi connectivity index (χ3v) is 4.18. The minimum Gasteiger partial charge on any atom is -0.341 e. The maximum atomic E-state index is 12.7. The molecular weight excluding hydrogens is 240 g/mol. The van der Waals surface area contributed by atoms with Crippen LogP contribution in [0.4, 0.5) is 0 Å². The molecule has 0 bridgehead atoms. The van der Waals surface area contributed by atoms with Gasteiger partial charge in [-0.3, -0.25) is 9.48 Å². The number of rotatable bonds is 4. The standard InChI is InChI=1S/C14H24N4O/c1-17(9-12-8-16-18(2)10-12)13(19)14(11-15)6-4-3-5-7-14/h8,10H,3-7,9,11,15H2,1-2H3. The van der Waals surface area contributed by atoms with E-state index in [1.54, 1.807) is 15.8 Å². The van der Waals surface area contributed by atoms with Crippen LogP contribution in [0.1, 0.15) is 37.7 Å². The molecule has 1 amide bonds. The van der Waals surface area contributed by atoms with E-state index in [1.165, 1.54) is 6.42 Å². The van der Waals surface area contributed by atoms with Gasteiger partial charge >= 0.3 is 0 Å². The zero-order valence-electron chi connectivity index (χ0n) is 11.9. The molecule has 0 radical (unpaired) electrons. The smallest absolute Gasteiger partial charge is 0.230 e. The summed E-state index contributed by atoms with van der Waals surface area (Å²) in [5, 5.41) is 4.13. The molecule has 1 aromatic rings. The molecule has 0 atom stereocenters. The van der Waals surface area contributed by atoms with E-state index in [-0.39, 0.29) is 11.3 Å². The number of nitrogens with zero attached hydrogens (tertiary/aromatic N) is 3. The number of nitrogens with two attached hydrogens (primary N) is 1. The van der Waals surface area contributed by atoms with Crippen LogP contribution in [0.25, 0.3) is 0 Å². The van der Waals surface area contributed by atoms with Crippen LogP contribution in [-0.4, -0.2) is 34.2 Å². The highest BCUT2D eigenvalue weighted by Crippen LogP contribution is 2.37. The van der Waals surface area contributed by atoms with E-state index >= 15 is 0 Å². The molecule has 1 aliphatic rings. The van der Waals surface area contributed by atoms with Gasteiger partial charge in [0.05, 0.1) is 11.6 Å². The van der Waals surface area contributed by atoms with E-state index in [1.807, 2.05) is 20.3 Å². The first kappa shape index (κ1) is 14.1. The maximum Gasteiger partial charge on any atom is 0.230 e. The maximum absolute atomic E-state index is 12.7. The van der Waals surface area contributed by atoms with Crippen molar-refractivity contribution >= 4 is 5.91 Å². The summed E-state index contributed by atoms with van der Waals surface area (Å²) in [6.07, 6.45) is 9.06. The average molecular weight is 264 g/mol. The molecule has 1 aromatic heterocycles. The van der Waals surface area contributed by atoms with Crippen LogP contribution < -0.4 is 5.73 Å². The van der Waals surface area contributed by atoms with Crippen molar-refractivity contribution in [3.05, 3.63) is 18.0 Å². The van der Waals surface area contributed by atoms with Crippen molar-refractivity contribution in [3.63, 3.8) is 0 Å². The van der Waals surface area contributed by atoms with Gasteiger partial charge in [0.15, 0.2) is 0 Å². The Kier molecular flexibility index (Phi) is 4.24. The molecule has 0 unspecified atom stereocenters. The monoisotopic (exact) mass is 264 g/mol. The number of aromatic nitrogens is 2. The van der Waals surface area contributed by atoms with E-state index in [2.05, 4.69) is 5.10 Å². The van der Waals surface area contributed by atoms with Crippen molar-refractivity contribution in [2.75, 3.05) is 13.6 Å².